The summed E-state index contributed by atoms with van der Waals surface area (Å²) in [6.45, 7) is 2.05. The zero-order valence-corrected chi connectivity index (χ0v) is 11.0. The molecule has 2 heteroatoms. The van der Waals surface area contributed by atoms with Gasteiger partial charge >= 0.3 is 0 Å². The fourth-order valence-corrected chi connectivity index (χ4v) is 5.50. The number of nitrogens with one attached hydrogen (secondary N) is 1. The predicted octanol–water partition coefficient (Wildman–Crippen LogP) is 3.66. The van der Waals surface area contributed by atoms with Gasteiger partial charge in [0.05, 0.1) is 5.56 Å². The van der Waals surface area contributed by atoms with Crippen molar-refractivity contribution < 1.29 is 0 Å². The molecule has 1 aromatic rings. The van der Waals surface area contributed by atoms with Crippen molar-refractivity contribution in [3.8, 4) is 6.07 Å². The minimum absolute atomic E-state index is 0.327. The van der Waals surface area contributed by atoms with Crippen LogP contribution >= 0.6 is 0 Å². The van der Waals surface area contributed by atoms with E-state index in [1.54, 1.807) is 0 Å². The van der Waals surface area contributed by atoms with Gasteiger partial charge < -0.3 is 4.98 Å². The van der Waals surface area contributed by atoms with E-state index in [0.29, 0.717) is 5.41 Å². The largest absolute Gasteiger partial charge is 0.363 e. The molecule has 0 amide bonds. The van der Waals surface area contributed by atoms with Gasteiger partial charge in [0.2, 0.25) is 0 Å². The van der Waals surface area contributed by atoms with Crippen LogP contribution in [0, 0.1) is 36.0 Å². The number of aromatic amines is 1. The van der Waals surface area contributed by atoms with E-state index in [1.165, 1.54) is 44.2 Å². The van der Waals surface area contributed by atoms with Crippen LogP contribution in [0.3, 0.4) is 0 Å². The maximum Gasteiger partial charge on any atom is 0.101 e. The third-order valence-corrected chi connectivity index (χ3v) is 5.76. The fraction of sp³-hybridized carbons (Fsp3) is 0.688. The van der Waals surface area contributed by atoms with Crippen LogP contribution in [0.1, 0.15) is 55.3 Å². The first-order valence-corrected chi connectivity index (χ1v) is 7.29. The van der Waals surface area contributed by atoms with Crippen LogP contribution in [0.25, 0.3) is 0 Å². The highest BCUT2D eigenvalue weighted by molar-refractivity contribution is 5.45. The minimum atomic E-state index is 0.327. The van der Waals surface area contributed by atoms with Crippen LogP contribution in [0.4, 0.5) is 0 Å². The Morgan fingerprint density at radius 2 is 1.72 bits per heavy atom. The van der Waals surface area contributed by atoms with E-state index in [0.717, 1.165) is 28.9 Å². The summed E-state index contributed by atoms with van der Waals surface area (Å²) in [6, 6.07) is 2.44. The third-order valence-electron chi connectivity index (χ3n) is 5.76. The van der Waals surface area contributed by atoms with Gasteiger partial charge in [-0.3, -0.25) is 0 Å². The van der Waals surface area contributed by atoms with Crippen molar-refractivity contribution in [2.45, 2.75) is 50.9 Å². The normalized spacial score (nSPS) is 41.0. The second-order valence-electron chi connectivity index (χ2n) is 7.03. The quantitative estimate of drug-likeness (QED) is 0.799. The van der Waals surface area contributed by atoms with Gasteiger partial charge in [-0.05, 0) is 68.8 Å². The van der Waals surface area contributed by atoms with Gasteiger partial charge in [0, 0.05) is 17.3 Å². The average Bonchev–Trinajstić information content (AvgIpc) is 2.69. The molecular formula is C16H20N2. The van der Waals surface area contributed by atoms with E-state index in [-0.39, 0.29) is 0 Å². The number of aryl methyl sites for hydroxylation is 1. The Balaban J connectivity index is 1.82. The van der Waals surface area contributed by atoms with Gasteiger partial charge in [-0.2, -0.15) is 5.26 Å². The Kier molecular flexibility index (Phi) is 2.02. The number of rotatable bonds is 1. The maximum atomic E-state index is 9.42. The standard InChI is InChI=1S/C16H20N2/c1-10-9-18-15(14(10)8-17)16-5-11-2-12(6-16)4-13(3-11)7-16/h9,11-13,18H,2-7H2,1H3. The molecule has 2 nitrogen and oxygen atoms in total. The molecule has 0 aromatic carbocycles. The lowest BCUT2D eigenvalue weighted by Gasteiger charge is -2.56. The molecule has 4 fully saturated rings. The van der Waals surface area contributed by atoms with Crippen LogP contribution in [0.15, 0.2) is 6.20 Å². The van der Waals surface area contributed by atoms with E-state index in [4.69, 9.17) is 0 Å². The van der Waals surface area contributed by atoms with Crippen molar-refractivity contribution in [1.29, 1.82) is 5.26 Å². The third kappa shape index (κ3) is 1.28. The molecule has 0 radical (unpaired) electrons. The zero-order valence-electron chi connectivity index (χ0n) is 11.0. The topological polar surface area (TPSA) is 39.6 Å². The van der Waals surface area contributed by atoms with Crippen molar-refractivity contribution >= 4 is 0 Å². The summed E-state index contributed by atoms with van der Waals surface area (Å²) in [7, 11) is 0. The highest BCUT2D eigenvalue weighted by atomic mass is 14.8. The average molecular weight is 240 g/mol. The summed E-state index contributed by atoms with van der Waals surface area (Å²) in [6.07, 6.45) is 10.4. The SMILES string of the molecule is Cc1c[nH]c(C23CC4CC(CC(C4)C2)C3)c1C#N. The van der Waals surface area contributed by atoms with E-state index in [2.05, 4.69) is 18.0 Å². The molecule has 4 aliphatic rings. The summed E-state index contributed by atoms with van der Waals surface area (Å²) < 4.78 is 0. The maximum absolute atomic E-state index is 9.42. The van der Waals surface area contributed by atoms with Crippen molar-refractivity contribution in [2.24, 2.45) is 17.8 Å². The van der Waals surface area contributed by atoms with Crippen molar-refractivity contribution in [3.63, 3.8) is 0 Å². The molecular weight excluding hydrogens is 220 g/mol. The number of nitriles is 1. The van der Waals surface area contributed by atoms with E-state index in [1.807, 2.05) is 6.20 Å². The molecule has 1 aromatic heterocycles. The first-order valence-electron chi connectivity index (χ1n) is 7.29. The zero-order chi connectivity index (χ0) is 12.3. The Hall–Kier alpha value is -1.23. The highest BCUT2D eigenvalue weighted by Crippen LogP contribution is 2.60. The smallest absolute Gasteiger partial charge is 0.101 e. The summed E-state index contributed by atoms with van der Waals surface area (Å²) in [4.78, 5) is 3.46. The molecule has 0 unspecified atom stereocenters. The monoisotopic (exact) mass is 240 g/mol. The molecule has 18 heavy (non-hydrogen) atoms. The van der Waals surface area contributed by atoms with Gasteiger partial charge in [0.1, 0.15) is 6.07 Å². The molecule has 4 saturated carbocycles. The van der Waals surface area contributed by atoms with E-state index >= 15 is 0 Å². The molecule has 0 aliphatic heterocycles. The lowest BCUT2D eigenvalue weighted by molar-refractivity contribution is -0.00709. The van der Waals surface area contributed by atoms with Crippen molar-refractivity contribution in [3.05, 3.63) is 23.0 Å². The second-order valence-corrected chi connectivity index (χ2v) is 7.03. The highest BCUT2D eigenvalue weighted by Gasteiger charge is 2.52. The first kappa shape index (κ1) is 10.7. The van der Waals surface area contributed by atoms with Crippen molar-refractivity contribution in [2.75, 3.05) is 0 Å². The second kappa shape index (κ2) is 3.41. The van der Waals surface area contributed by atoms with Crippen LogP contribution < -0.4 is 0 Å². The number of hydrogen-bond acceptors (Lipinski definition) is 1. The van der Waals surface area contributed by atoms with Crippen LogP contribution in [0.2, 0.25) is 0 Å². The molecule has 1 heterocycles. The summed E-state index contributed by atoms with van der Waals surface area (Å²) in [5.74, 6) is 2.81. The van der Waals surface area contributed by atoms with Crippen LogP contribution in [0.5, 0.6) is 0 Å². The fourth-order valence-electron chi connectivity index (χ4n) is 5.50. The summed E-state index contributed by atoms with van der Waals surface area (Å²) >= 11 is 0. The molecule has 94 valence electrons. The Bertz CT molecular complexity index is 496. The van der Waals surface area contributed by atoms with Crippen LogP contribution in [-0.2, 0) is 5.41 Å². The molecule has 0 spiro atoms. The minimum Gasteiger partial charge on any atom is -0.363 e. The van der Waals surface area contributed by atoms with Gasteiger partial charge in [-0.25, -0.2) is 0 Å². The van der Waals surface area contributed by atoms with Gasteiger partial charge in [0.25, 0.3) is 0 Å². The molecule has 4 bridgehead atoms. The summed E-state index contributed by atoms with van der Waals surface area (Å²) in [5, 5.41) is 9.42. The molecule has 4 aliphatic carbocycles. The van der Waals surface area contributed by atoms with Crippen LogP contribution in [-0.4, -0.2) is 4.98 Å². The lowest BCUT2D eigenvalue weighted by atomic mass is 9.48. The Labute approximate surface area is 108 Å². The number of hydrogen-bond donors (Lipinski definition) is 1. The van der Waals surface area contributed by atoms with Gasteiger partial charge in [-0.15, -0.1) is 0 Å². The van der Waals surface area contributed by atoms with Gasteiger partial charge in [-0.1, -0.05) is 0 Å². The van der Waals surface area contributed by atoms with E-state index in [9.17, 15) is 5.26 Å². The molecule has 1 N–H and O–H groups in total. The number of H-pyrrole nitrogens is 1. The Morgan fingerprint density at radius 3 is 2.22 bits per heavy atom. The van der Waals surface area contributed by atoms with Gasteiger partial charge in [0.15, 0.2) is 0 Å². The number of nitrogens with zero attached hydrogens (tertiary/aromatic N) is 1. The molecule has 0 atom stereocenters. The van der Waals surface area contributed by atoms with E-state index < -0.39 is 0 Å². The Morgan fingerprint density at radius 1 is 1.17 bits per heavy atom. The summed E-state index contributed by atoms with van der Waals surface area (Å²) in [5.41, 5.74) is 3.68. The van der Waals surface area contributed by atoms with Crippen molar-refractivity contribution in [1.82, 2.24) is 4.98 Å². The molecule has 5 rings (SSSR count). The first-order chi connectivity index (χ1) is 8.70. The number of aromatic nitrogens is 1. The predicted molar refractivity (Wildman–Crippen MR) is 70.1 cm³/mol. The molecule has 0 saturated heterocycles. The lowest BCUT2D eigenvalue weighted by Crippen LogP contribution is -2.49.